The number of aromatic nitrogens is 2. The third kappa shape index (κ3) is 3.85. The first-order valence-electron chi connectivity index (χ1n) is 8.61. The molecule has 0 radical (unpaired) electrons. The summed E-state index contributed by atoms with van der Waals surface area (Å²) in [5, 5.41) is 4.40. The minimum Gasteiger partial charge on any atom is -0.468 e. The van der Waals surface area contributed by atoms with Crippen LogP contribution in [-0.4, -0.2) is 35.5 Å². The lowest BCUT2D eigenvalue weighted by molar-refractivity contribution is 0.1000. The summed E-state index contributed by atoms with van der Waals surface area (Å²) in [4.78, 5) is 11.4. The lowest BCUT2D eigenvalue weighted by atomic mass is 10.1. The van der Waals surface area contributed by atoms with Gasteiger partial charge in [0.2, 0.25) is 15.9 Å². The zero-order valence-corrected chi connectivity index (χ0v) is 16.7. The second-order valence-corrected chi connectivity index (χ2v) is 8.54. The van der Waals surface area contributed by atoms with Crippen LogP contribution in [-0.2, 0) is 23.1 Å². The van der Waals surface area contributed by atoms with Crippen LogP contribution in [0.1, 0.15) is 33.1 Å². The molecule has 8 nitrogen and oxygen atoms in total. The van der Waals surface area contributed by atoms with E-state index < -0.39 is 15.9 Å². The minimum atomic E-state index is -3.74. The molecule has 2 N–H and O–H groups in total. The Kier molecular flexibility index (Phi) is 5.39. The maximum atomic E-state index is 13.1. The van der Waals surface area contributed by atoms with E-state index in [0.29, 0.717) is 29.3 Å². The number of carbonyl (C=O) groups excluding carboxylic acids is 1. The Bertz CT molecular complexity index is 1080. The highest BCUT2D eigenvalue weighted by atomic mass is 32.2. The van der Waals surface area contributed by atoms with Crippen molar-refractivity contribution in [1.29, 1.82) is 0 Å². The summed E-state index contributed by atoms with van der Waals surface area (Å²) >= 11 is 0. The van der Waals surface area contributed by atoms with Crippen LogP contribution in [0.25, 0.3) is 0 Å². The number of benzene rings is 1. The van der Waals surface area contributed by atoms with Crippen LogP contribution in [0.4, 0.5) is 0 Å². The first-order valence-corrected chi connectivity index (χ1v) is 10.1. The topological polar surface area (TPSA) is 111 Å². The largest absolute Gasteiger partial charge is 0.468 e. The van der Waals surface area contributed by atoms with E-state index in [-0.39, 0.29) is 11.4 Å². The first-order chi connectivity index (χ1) is 13.2. The number of hydrogen-bond donors (Lipinski definition) is 1. The van der Waals surface area contributed by atoms with Crippen LogP contribution in [0.5, 0.6) is 0 Å². The molecule has 3 rings (SSSR count). The third-order valence-electron chi connectivity index (χ3n) is 4.51. The number of primary amides is 1. The molecule has 0 saturated carbocycles. The first kappa shape index (κ1) is 19.8. The number of nitrogens with two attached hydrogens (primary N) is 1. The van der Waals surface area contributed by atoms with Gasteiger partial charge in [-0.05, 0) is 43.7 Å². The van der Waals surface area contributed by atoms with Crippen LogP contribution in [0, 0.1) is 13.8 Å². The number of rotatable bonds is 7. The highest BCUT2D eigenvalue weighted by Gasteiger charge is 2.29. The van der Waals surface area contributed by atoms with Crippen molar-refractivity contribution in [3.05, 3.63) is 70.9 Å². The fourth-order valence-corrected chi connectivity index (χ4v) is 4.52. The van der Waals surface area contributed by atoms with Crippen molar-refractivity contribution in [1.82, 2.24) is 14.1 Å². The summed E-state index contributed by atoms with van der Waals surface area (Å²) in [5.74, 6) is 0.0638. The van der Waals surface area contributed by atoms with Crippen LogP contribution < -0.4 is 5.73 Å². The molecule has 0 atom stereocenters. The standard InChI is InChI=1S/C19H22N4O4S/c1-13-18(28(25,26)22(3)12-17-5-4-10-27-17)14(2)23(21-13)11-15-6-8-16(9-7-15)19(20)24/h4-10H,11-12H2,1-3H3,(H2,20,24). The van der Waals surface area contributed by atoms with Gasteiger partial charge in [-0.2, -0.15) is 9.40 Å². The number of nitrogens with zero attached hydrogens (tertiary/aromatic N) is 3. The van der Waals surface area contributed by atoms with Gasteiger partial charge in [-0.15, -0.1) is 0 Å². The van der Waals surface area contributed by atoms with Gasteiger partial charge in [0.05, 0.1) is 30.7 Å². The minimum absolute atomic E-state index is 0.133. The molecule has 0 saturated heterocycles. The molecule has 148 valence electrons. The third-order valence-corrected chi connectivity index (χ3v) is 6.57. The number of amides is 1. The zero-order valence-electron chi connectivity index (χ0n) is 15.9. The van der Waals surface area contributed by atoms with Crippen molar-refractivity contribution in [2.24, 2.45) is 5.73 Å². The maximum absolute atomic E-state index is 13.1. The lowest BCUT2D eigenvalue weighted by Gasteiger charge is -2.16. The summed E-state index contributed by atoms with van der Waals surface area (Å²) < 4.78 is 34.3. The molecule has 3 aromatic rings. The van der Waals surface area contributed by atoms with Crippen molar-refractivity contribution in [3.8, 4) is 0 Å². The molecular weight excluding hydrogens is 380 g/mol. The van der Waals surface area contributed by atoms with Gasteiger partial charge in [0, 0.05) is 12.6 Å². The van der Waals surface area contributed by atoms with Gasteiger partial charge in [-0.3, -0.25) is 9.48 Å². The van der Waals surface area contributed by atoms with Crippen molar-refractivity contribution in [2.45, 2.75) is 31.8 Å². The zero-order chi connectivity index (χ0) is 20.5. The summed E-state index contributed by atoms with van der Waals surface area (Å²) in [6, 6.07) is 10.3. The molecule has 9 heteroatoms. The van der Waals surface area contributed by atoms with E-state index in [4.69, 9.17) is 10.2 Å². The van der Waals surface area contributed by atoms with Gasteiger partial charge < -0.3 is 10.2 Å². The van der Waals surface area contributed by atoms with Crippen LogP contribution in [0.3, 0.4) is 0 Å². The predicted molar refractivity (Wildman–Crippen MR) is 103 cm³/mol. The average molecular weight is 402 g/mol. The Morgan fingerprint density at radius 2 is 1.89 bits per heavy atom. The van der Waals surface area contributed by atoms with Gasteiger partial charge in [-0.1, -0.05) is 12.1 Å². The Hall–Kier alpha value is -2.91. The van der Waals surface area contributed by atoms with Crippen molar-refractivity contribution >= 4 is 15.9 Å². The summed E-state index contributed by atoms with van der Waals surface area (Å²) in [7, 11) is -2.23. The molecule has 0 aliphatic carbocycles. The van der Waals surface area contributed by atoms with Crippen LogP contribution >= 0.6 is 0 Å². The number of aryl methyl sites for hydroxylation is 1. The maximum Gasteiger partial charge on any atom is 0.248 e. The van der Waals surface area contributed by atoms with Gasteiger partial charge in [-0.25, -0.2) is 8.42 Å². The van der Waals surface area contributed by atoms with E-state index in [0.717, 1.165) is 5.56 Å². The molecule has 28 heavy (non-hydrogen) atoms. The van der Waals surface area contributed by atoms with E-state index >= 15 is 0 Å². The Balaban J connectivity index is 1.87. The summed E-state index contributed by atoms with van der Waals surface area (Å²) in [5.41, 5.74) is 7.52. The SMILES string of the molecule is Cc1nn(Cc2ccc(C(N)=O)cc2)c(C)c1S(=O)(=O)N(C)Cc1ccco1. The lowest BCUT2D eigenvalue weighted by Crippen LogP contribution is -2.27. The molecule has 0 bridgehead atoms. The highest BCUT2D eigenvalue weighted by Crippen LogP contribution is 2.24. The number of carbonyl (C=O) groups is 1. The molecule has 2 aromatic heterocycles. The van der Waals surface area contributed by atoms with Gasteiger partial charge >= 0.3 is 0 Å². The van der Waals surface area contributed by atoms with Gasteiger partial charge in [0.25, 0.3) is 0 Å². The number of hydrogen-bond acceptors (Lipinski definition) is 5. The Morgan fingerprint density at radius 1 is 1.21 bits per heavy atom. The van der Waals surface area contributed by atoms with Crippen molar-refractivity contribution < 1.29 is 17.6 Å². The fourth-order valence-electron chi connectivity index (χ4n) is 3.02. The van der Waals surface area contributed by atoms with Gasteiger partial charge in [0.15, 0.2) is 0 Å². The molecule has 0 spiro atoms. The summed E-state index contributed by atoms with van der Waals surface area (Å²) in [6.07, 6.45) is 1.51. The Labute approximate surface area is 163 Å². The second-order valence-electron chi connectivity index (χ2n) is 6.56. The van der Waals surface area contributed by atoms with Crippen LogP contribution in [0.2, 0.25) is 0 Å². The smallest absolute Gasteiger partial charge is 0.248 e. The molecule has 2 heterocycles. The molecule has 1 aromatic carbocycles. The summed E-state index contributed by atoms with van der Waals surface area (Å²) in [6.45, 7) is 3.91. The van der Waals surface area contributed by atoms with Crippen LogP contribution in [0.15, 0.2) is 52.0 Å². The fraction of sp³-hybridized carbons (Fsp3) is 0.263. The monoisotopic (exact) mass is 402 g/mol. The van der Waals surface area contributed by atoms with Gasteiger partial charge in [0.1, 0.15) is 10.7 Å². The molecule has 0 aliphatic heterocycles. The molecule has 0 aliphatic rings. The molecule has 0 unspecified atom stereocenters. The second kappa shape index (κ2) is 7.61. The molecule has 1 amide bonds. The predicted octanol–water partition coefficient (Wildman–Crippen LogP) is 2.06. The average Bonchev–Trinajstić information content (AvgIpc) is 3.23. The molecular formula is C19H22N4O4S. The van der Waals surface area contributed by atoms with E-state index in [2.05, 4.69) is 5.10 Å². The number of sulfonamides is 1. The molecule has 0 fully saturated rings. The van der Waals surface area contributed by atoms with E-state index in [1.54, 1.807) is 54.9 Å². The van der Waals surface area contributed by atoms with E-state index in [9.17, 15) is 13.2 Å². The van der Waals surface area contributed by atoms with Crippen molar-refractivity contribution in [3.63, 3.8) is 0 Å². The number of furan rings is 1. The van der Waals surface area contributed by atoms with E-state index in [1.807, 2.05) is 0 Å². The normalized spacial score (nSPS) is 11.9. The van der Waals surface area contributed by atoms with Crippen molar-refractivity contribution in [2.75, 3.05) is 7.05 Å². The van der Waals surface area contributed by atoms with E-state index in [1.165, 1.54) is 17.6 Å². The Morgan fingerprint density at radius 3 is 2.46 bits per heavy atom. The quantitative estimate of drug-likeness (QED) is 0.650. The highest BCUT2D eigenvalue weighted by molar-refractivity contribution is 7.89.